The maximum atomic E-state index is 6.92. The minimum atomic E-state index is 0.717. The van der Waals surface area contributed by atoms with Crippen LogP contribution in [0.25, 0.3) is 111 Å². The molecule has 7 nitrogen and oxygen atoms in total. The van der Waals surface area contributed by atoms with Crippen LogP contribution in [0.4, 0.5) is 0 Å². The van der Waals surface area contributed by atoms with Crippen LogP contribution >= 0.6 is 0 Å². The van der Waals surface area contributed by atoms with Gasteiger partial charge in [-0.2, -0.15) is 0 Å². The summed E-state index contributed by atoms with van der Waals surface area (Å²) < 4.78 is 17.3. The van der Waals surface area contributed by atoms with Gasteiger partial charge < -0.3 is 4.57 Å². The topological polar surface area (TPSA) is 54.7 Å². The van der Waals surface area contributed by atoms with Crippen LogP contribution in [0.15, 0.2) is 255 Å². The summed E-state index contributed by atoms with van der Waals surface area (Å²) in [5.41, 5.74) is 16.2. The fourth-order valence-corrected chi connectivity index (χ4v) is 11.9. The third-order valence-corrected chi connectivity index (χ3v) is 15.0. The molecule has 8 heteroatoms. The molecule has 0 aliphatic heterocycles. The van der Waals surface area contributed by atoms with Gasteiger partial charge in [-0.3, -0.25) is 4.98 Å². The van der Waals surface area contributed by atoms with Gasteiger partial charge in [-0.25, -0.2) is 0 Å². The van der Waals surface area contributed by atoms with Crippen LogP contribution in [0.1, 0.15) is 0 Å². The summed E-state index contributed by atoms with van der Waals surface area (Å²) in [6, 6.07) is 83.5. The third-order valence-electron chi connectivity index (χ3n) is 14.0. The molecule has 14 rings (SSSR count). The third kappa shape index (κ3) is 7.11. The molecule has 0 saturated carbocycles. The standard InChI is InChI=1S/C65H42N6O.Pt/c1-3-18-44(19-4-1)50-28-16-29-51(45-20-5-2-6-21-45)65(50)69-43-68(60-33-13-14-34-61(60)69)47-23-15-24-48(38-47)72-49-35-36-55-54-27-9-12-32-59(54)71(62(55)39-49)64-40-63(56(42-67-64)46-22-17-37-66-41-46)70-57-30-10-7-25-52(57)53-26-8-11-31-58(53)70;/h1-42H;. The molecule has 14 aromatic rings. The Bertz CT molecular complexity index is 4380. The van der Waals surface area contributed by atoms with Crippen molar-refractivity contribution in [2.75, 3.05) is 0 Å². The van der Waals surface area contributed by atoms with E-state index < -0.39 is 0 Å². The first-order valence-corrected chi connectivity index (χ1v) is 25.4. The van der Waals surface area contributed by atoms with Crippen LogP contribution < -0.4 is 4.74 Å². The molecule has 0 saturated heterocycles. The number of aromatic nitrogens is 6. The van der Waals surface area contributed by atoms with E-state index in [0.717, 1.165) is 115 Å². The minimum absolute atomic E-state index is 0.717. The van der Waals surface area contributed by atoms with Crippen molar-refractivity contribution in [2.24, 2.45) is 0 Å². The van der Waals surface area contributed by atoms with E-state index in [-0.39, 0.29) is 0 Å². The Labute approximate surface area is 431 Å². The van der Waals surface area contributed by atoms with Crippen molar-refractivity contribution < 1.29 is 24.1 Å². The first-order valence-electron chi connectivity index (χ1n) is 24.3. The summed E-state index contributed by atoms with van der Waals surface area (Å²) in [6.07, 6.45) is 5.72. The number of pyridine rings is 2. The number of ether oxygens (including phenoxy) is 1. The molecule has 5 heterocycles. The number of fused-ring (bicyclic) bond motifs is 7. The zero-order valence-corrected chi connectivity index (χ0v) is 41.4. The zero-order chi connectivity index (χ0) is 48.4. The number of para-hydroxylation sites is 6. The molecule has 0 radical (unpaired) electrons. The maximum absolute atomic E-state index is 6.92. The van der Waals surface area contributed by atoms with Crippen molar-refractivity contribution in [1.82, 2.24) is 28.2 Å². The Morgan fingerprint density at radius 1 is 0.356 bits per heavy atom. The van der Waals surface area contributed by atoms with Crippen molar-refractivity contribution in [3.63, 3.8) is 0 Å². The molecule has 0 N–H and O–H groups in total. The van der Waals surface area contributed by atoms with Crippen LogP contribution in [0.2, 0.25) is 0 Å². The number of imidazole rings is 1. The molecule has 348 valence electrons. The molecule has 0 atom stereocenters. The Balaban J connectivity index is 0.907. The van der Waals surface area contributed by atoms with Gasteiger partial charge in [0.1, 0.15) is 0 Å². The van der Waals surface area contributed by atoms with E-state index in [1.54, 1.807) is 0 Å². The molecular formula is C65H42N6OPt. The van der Waals surface area contributed by atoms with E-state index in [4.69, 9.17) is 9.72 Å². The SMILES string of the molecule is [Pt]=[c]1n(-c2cccc(Oc3ccc4c5ccccc5n(-c5cc(-n6c7ccccc7c7ccccc76)c(-c6cccnc6)cn5)c4c3)c2)c2ccccc2n1-c1c(-c2ccccc2)cccc1-c1ccccc1. The summed E-state index contributed by atoms with van der Waals surface area (Å²) in [5, 5.41) is 4.63. The fourth-order valence-electron chi connectivity index (χ4n) is 10.8. The first-order chi connectivity index (χ1) is 36.2. The van der Waals surface area contributed by atoms with Crippen molar-refractivity contribution >= 4 is 54.6 Å². The molecule has 0 spiro atoms. The number of rotatable bonds is 9. The second-order valence-corrected chi connectivity index (χ2v) is 19.2. The average molecular weight is 1120 g/mol. The molecule has 0 unspecified atom stereocenters. The van der Waals surface area contributed by atoms with E-state index in [1.165, 1.54) is 10.8 Å². The fraction of sp³-hybridized carbons (Fsp3) is 0. The second kappa shape index (κ2) is 17.6. The van der Waals surface area contributed by atoms with Gasteiger partial charge in [0.25, 0.3) is 0 Å². The predicted molar refractivity (Wildman–Crippen MR) is 293 cm³/mol. The number of hydrogen-bond acceptors (Lipinski definition) is 3. The van der Waals surface area contributed by atoms with Crippen molar-refractivity contribution in [1.29, 1.82) is 0 Å². The molecule has 0 amide bonds. The zero-order valence-electron chi connectivity index (χ0n) is 39.2. The van der Waals surface area contributed by atoms with Crippen LogP contribution in [0, 0.1) is 3.80 Å². The van der Waals surface area contributed by atoms with E-state index in [1.807, 2.05) is 30.7 Å². The summed E-state index contributed by atoms with van der Waals surface area (Å²) in [4.78, 5) is 9.79. The van der Waals surface area contributed by atoms with Gasteiger partial charge in [-0.05, 0) is 18.2 Å². The molecule has 0 aliphatic carbocycles. The number of nitrogens with zero attached hydrogens (tertiary/aromatic N) is 6. The monoisotopic (exact) mass is 1120 g/mol. The van der Waals surface area contributed by atoms with Gasteiger partial charge >= 0.3 is 294 Å². The Morgan fingerprint density at radius 2 is 0.890 bits per heavy atom. The molecule has 5 aromatic heterocycles. The first kappa shape index (κ1) is 42.7. The van der Waals surface area contributed by atoms with Crippen LogP contribution in [-0.4, -0.2) is 28.2 Å². The molecule has 9 aromatic carbocycles. The van der Waals surface area contributed by atoms with E-state index in [2.05, 4.69) is 267 Å². The van der Waals surface area contributed by atoms with Crippen molar-refractivity contribution in [3.8, 4) is 67.8 Å². The van der Waals surface area contributed by atoms with Gasteiger partial charge in [-0.1, -0.05) is 54.6 Å². The average Bonchev–Trinajstić information content (AvgIpc) is 4.08. The number of hydrogen-bond donors (Lipinski definition) is 0. The number of benzene rings is 9. The quantitative estimate of drug-likeness (QED) is 0.145. The molecule has 0 aliphatic rings. The second-order valence-electron chi connectivity index (χ2n) is 18.1. The van der Waals surface area contributed by atoms with Crippen LogP contribution in [0.3, 0.4) is 0 Å². The van der Waals surface area contributed by atoms with Gasteiger partial charge in [0.2, 0.25) is 0 Å². The summed E-state index contributed by atoms with van der Waals surface area (Å²) in [5.74, 6) is 2.23. The summed E-state index contributed by atoms with van der Waals surface area (Å²) >= 11 is 2.50. The van der Waals surface area contributed by atoms with E-state index >= 15 is 0 Å². The van der Waals surface area contributed by atoms with Crippen LogP contribution in [-0.2, 0) is 19.4 Å². The molecule has 0 fully saturated rings. The van der Waals surface area contributed by atoms with Crippen LogP contribution in [0.5, 0.6) is 11.5 Å². The van der Waals surface area contributed by atoms with E-state index in [9.17, 15) is 0 Å². The molecule has 73 heavy (non-hydrogen) atoms. The van der Waals surface area contributed by atoms with Gasteiger partial charge in [0.05, 0.1) is 16.7 Å². The Hall–Kier alpha value is -9.16. The van der Waals surface area contributed by atoms with Gasteiger partial charge in [-0.15, -0.1) is 0 Å². The van der Waals surface area contributed by atoms with Crippen molar-refractivity contribution in [3.05, 3.63) is 259 Å². The normalized spacial score (nSPS) is 11.6. The Kier molecular flexibility index (Phi) is 10.3. The molecule has 0 bridgehead atoms. The predicted octanol–water partition coefficient (Wildman–Crippen LogP) is 16.3. The summed E-state index contributed by atoms with van der Waals surface area (Å²) in [7, 11) is 0. The van der Waals surface area contributed by atoms with Gasteiger partial charge in [0, 0.05) is 40.5 Å². The summed E-state index contributed by atoms with van der Waals surface area (Å²) in [6.45, 7) is 0. The van der Waals surface area contributed by atoms with E-state index in [0.29, 0.717) is 0 Å². The van der Waals surface area contributed by atoms with Gasteiger partial charge in [0.15, 0.2) is 0 Å². The Morgan fingerprint density at radius 3 is 1.52 bits per heavy atom. The van der Waals surface area contributed by atoms with Crippen molar-refractivity contribution in [2.45, 2.75) is 0 Å². The molecular weight excluding hydrogens is 1080 g/mol.